The van der Waals surface area contributed by atoms with Gasteiger partial charge >= 0.3 is 0 Å². The van der Waals surface area contributed by atoms with E-state index in [4.69, 9.17) is 0 Å². The Bertz CT molecular complexity index is 966. The normalized spacial score (nSPS) is 11.0. The molecule has 2 aromatic carbocycles. The van der Waals surface area contributed by atoms with Crippen LogP contribution >= 0.6 is 11.3 Å². The number of nitrogens with one attached hydrogen (secondary N) is 1. The largest absolute Gasteiger partial charge is 0.347 e. The van der Waals surface area contributed by atoms with Gasteiger partial charge in [-0.2, -0.15) is 0 Å². The molecular formula is C19H19N3O3S. The molecule has 1 N–H and O–H groups in total. The molecule has 0 saturated carbocycles. The molecule has 6 nitrogen and oxygen atoms in total. The van der Waals surface area contributed by atoms with Gasteiger partial charge in [0.05, 0.1) is 9.80 Å². The van der Waals surface area contributed by atoms with Crippen molar-refractivity contribution in [3.63, 3.8) is 0 Å². The highest BCUT2D eigenvalue weighted by molar-refractivity contribution is 7.20. The molecule has 0 fully saturated rings. The second-order valence-electron chi connectivity index (χ2n) is 6.28. The van der Waals surface area contributed by atoms with Gasteiger partial charge in [-0.15, -0.1) is 11.3 Å². The Morgan fingerprint density at radius 2 is 1.88 bits per heavy atom. The minimum absolute atomic E-state index is 0.0277. The van der Waals surface area contributed by atoms with Crippen LogP contribution in [0.2, 0.25) is 0 Å². The lowest BCUT2D eigenvalue weighted by molar-refractivity contribution is -0.384. The fourth-order valence-electron chi connectivity index (χ4n) is 2.74. The summed E-state index contributed by atoms with van der Waals surface area (Å²) < 4.78 is 0.855. The van der Waals surface area contributed by atoms with E-state index in [1.165, 1.54) is 29.0 Å². The van der Waals surface area contributed by atoms with Crippen LogP contribution in [0.1, 0.15) is 20.8 Å². The first-order chi connectivity index (χ1) is 12.4. The topological polar surface area (TPSA) is 75.5 Å². The van der Waals surface area contributed by atoms with Crippen LogP contribution in [0.4, 0.5) is 5.69 Å². The fourth-order valence-corrected chi connectivity index (χ4v) is 3.70. The van der Waals surface area contributed by atoms with Crippen LogP contribution in [0, 0.1) is 10.1 Å². The molecule has 7 heteroatoms. The minimum Gasteiger partial charge on any atom is -0.347 e. The van der Waals surface area contributed by atoms with E-state index in [0.29, 0.717) is 16.8 Å². The molecule has 1 amide bonds. The average Bonchev–Trinajstić information content (AvgIpc) is 3.03. The van der Waals surface area contributed by atoms with Crippen molar-refractivity contribution in [2.75, 3.05) is 14.1 Å². The average molecular weight is 369 g/mol. The zero-order valence-electron chi connectivity index (χ0n) is 14.6. The Morgan fingerprint density at radius 1 is 1.15 bits per heavy atom. The van der Waals surface area contributed by atoms with Gasteiger partial charge in [-0.05, 0) is 37.4 Å². The molecule has 134 valence electrons. The summed E-state index contributed by atoms with van der Waals surface area (Å²) in [5.74, 6) is -0.173. The Kier molecular flexibility index (Phi) is 5.29. The molecule has 0 atom stereocenters. The third-order valence-electron chi connectivity index (χ3n) is 3.98. The zero-order chi connectivity index (χ0) is 18.7. The lowest BCUT2D eigenvalue weighted by Crippen LogP contribution is -2.23. The quantitative estimate of drug-likeness (QED) is 0.530. The van der Waals surface area contributed by atoms with Crippen LogP contribution in [0.15, 0.2) is 48.5 Å². The van der Waals surface area contributed by atoms with Crippen molar-refractivity contribution in [2.24, 2.45) is 0 Å². The second kappa shape index (κ2) is 7.63. The molecule has 0 aliphatic carbocycles. The van der Waals surface area contributed by atoms with E-state index >= 15 is 0 Å². The number of thiophene rings is 1. The smallest absolute Gasteiger partial charge is 0.270 e. The maximum atomic E-state index is 12.5. The summed E-state index contributed by atoms with van der Waals surface area (Å²) in [5.41, 5.74) is 2.27. The zero-order valence-corrected chi connectivity index (χ0v) is 15.4. The van der Waals surface area contributed by atoms with Crippen molar-refractivity contribution in [1.29, 1.82) is 0 Å². The van der Waals surface area contributed by atoms with Gasteiger partial charge in [0.1, 0.15) is 0 Å². The van der Waals surface area contributed by atoms with Gasteiger partial charge in [0.15, 0.2) is 0 Å². The number of carbonyl (C=O) groups is 1. The number of non-ortho nitro benzene ring substituents is 1. The van der Waals surface area contributed by atoms with Crippen LogP contribution in [-0.2, 0) is 13.1 Å². The molecule has 0 saturated heterocycles. The van der Waals surface area contributed by atoms with Crippen LogP contribution in [0.3, 0.4) is 0 Å². The van der Waals surface area contributed by atoms with Crippen LogP contribution < -0.4 is 5.32 Å². The molecule has 26 heavy (non-hydrogen) atoms. The number of amides is 1. The summed E-state index contributed by atoms with van der Waals surface area (Å²) >= 11 is 1.33. The number of hydrogen-bond donors (Lipinski definition) is 1. The second-order valence-corrected chi connectivity index (χ2v) is 7.36. The number of fused-ring (bicyclic) bond motifs is 1. The van der Waals surface area contributed by atoms with E-state index in [2.05, 4.69) is 16.3 Å². The SMILES string of the molecule is CN(C)Cc1ccccc1CNC(=O)c1cc2cc([N+](=O)[O-])ccc2s1. The molecule has 3 rings (SSSR count). The lowest BCUT2D eigenvalue weighted by atomic mass is 10.1. The van der Waals surface area contributed by atoms with Crippen molar-refractivity contribution in [2.45, 2.75) is 13.1 Å². The van der Waals surface area contributed by atoms with Gasteiger partial charge in [0, 0.05) is 35.3 Å². The standard InChI is InChI=1S/C19H19N3O3S/c1-21(2)12-14-6-4-3-5-13(14)11-20-19(23)18-10-15-9-16(22(24)25)7-8-17(15)26-18/h3-10H,11-12H2,1-2H3,(H,20,23). The van der Waals surface area contributed by atoms with E-state index in [0.717, 1.165) is 16.8 Å². The summed E-state index contributed by atoms with van der Waals surface area (Å²) in [6.07, 6.45) is 0. The van der Waals surface area contributed by atoms with Gasteiger partial charge in [-0.3, -0.25) is 14.9 Å². The molecule has 0 spiro atoms. The highest BCUT2D eigenvalue weighted by Crippen LogP contribution is 2.29. The minimum atomic E-state index is -0.432. The van der Waals surface area contributed by atoms with E-state index < -0.39 is 4.92 Å². The highest BCUT2D eigenvalue weighted by Gasteiger charge is 2.14. The van der Waals surface area contributed by atoms with Crippen LogP contribution in [-0.4, -0.2) is 29.8 Å². The first kappa shape index (κ1) is 18.0. The fraction of sp³-hybridized carbons (Fsp3) is 0.211. The number of carbonyl (C=O) groups excluding carboxylic acids is 1. The number of benzene rings is 2. The first-order valence-corrected chi connectivity index (χ1v) is 8.93. The third-order valence-corrected chi connectivity index (χ3v) is 5.09. The molecule has 0 aliphatic rings. The van der Waals surface area contributed by atoms with E-state index in [1.807, 2.05) is 32.3 Å². The van der Waals surface area contributed by atoms with E-state index in [1.54, 1.807) is 12.1 Å². The van der Waals surface area contributed by atoms with Crippen molar-refractivity contribution >= 4 is 33.0 Å². The van der Waals surface area contributed by atoms with E-state index in [-0.39, 0.29) is 11.6 Å². The number of hydrogen-bond acceptors (Lipinski definition) is 5. The highest BCUT2D eigenvalue weighted by atomic mass is 32.1. The molecule has 0 unspecified atom stereocenters. The summed E-state index contributed by atoms with van der Waals surface area (Å²) in [5, 5.41) is 14.5. The maximum absolute atomic E-state index is 12.5. The summed E-state index contributed by atoms with van der Waals surface area (Å²) in [7, 11) is 4.01. The molecule has 0 radical (unpaired) electrons. The van der Waals surface area contributed by atoms with Gasteiger partial charge < -0.3 is 10.2 Å². The van der Waals surface area contributed by atoms with Gasteiger partial charge in [0.25, 0.3) is 11.6 Å². The molecule has 0 aliphatic heterocycles. The first-order valence-electron chi connectivity index (χ1n) is 8.12. The molecule has 0 bridgehead atoms. The van der Waals surface area contributed by atoms with Crippen molar-refractivity contribution in [3.8, 4) is 0 Å². The lowest BCUT2D eigenvalue weighted by Gasteiger charge is -2.14. The Balaban J connectivity index is 1.75. The maximum Gasteiger partial charge on any atom is 0.270 e. The monoisotopic (exact) mass is 369 g/mol. The Labute approximate surface area is 155 Å². The van der Waals surface area contributed by atoms with Crippen LogP contribution in [0.25, 0.3) is 10.1 Å². The van der Waals surface area contributed by atoms with Gasteiger partial charge in [0.2, 0.25) is 0 Å². The third kappa shape index (κ3) is 4.07. The van der Waals surface area contributed by atoms with Crippen molar-refractivity contribution < 1.29 is 9.72 Å². The van der Waals surface area contributed by atoms with Gasteiger partial charge in [-0.25, -0.2) is 0 Å². The molecule has 1 heterocycles. The van der Waals surface area contributed by atoms with Crippen molar-refractivity contribution in [3.05, 3.63) is 74.6 Å². The summed E-state index contributed by atoms with van der Waals surface area (Å²) in [6.45, 7) is 1.25. The molecule has 3 aromatic rings. The number of nitro benzene ring substituents is 1. The predicted octanol–water partition coefficient (Wildman–Crippen LogP) is 3.80. The molecule has 1 aromatic heterocycles. The number of nitrogens with zero attached hydrogens (tertiary/aromatic N) is 2. The van der Waals surface area contributed by atoms with E-state index in [9.17, 15) is 14.9 Å². The Morgan fingerprint density at radius 3 is 2.58 bits per heavy atom. The Hall–Kier alpha value is -2.77. The summed E-state index contributed by atoms with van der Waals surface area (Å²) in [6, 6.07) is 14.3. The van der Waals surface area contributed by atoms with Gasteiger partial charge in [-0.1, -0.05) is 24.3 Å². The number of rotatable bonds is 6. The molecular weight excluding hydrogens is 350 g/mol. The van der Waals surface area contributed by atoms with Crippen LogP contribution in [0.5, 0.6) is 0 Å². The number of nitro groups is 1. The van der Waals surface area contributed by atoms with Crippen molar-refractivity contribution in [1.82, 2.24) is 10.2 Å². The summed E-state index contributed by atoms with van der Waals surface area (Å²) in [4.78, 5) is 25.6. The predicted molar refractivity (Wildman–Crippen MR) is 103 cm³/mol.